The minimum absolute atomic E-state index is 0.293. The van der Waals surface area contributed by atoms with E-state index in [1.165, 1.54) is 18.8 Å². The van der Waals surface area contributed by atoms with E-state index in [1.807, 2.05) is 0 Å². The average Bonchev–Trinajstić information content (AvgIpc) is 2.92. The maximum atomic E-state index is 12.2. The van der Waals surface area contributed by atoms with Crippen LogP contribution in [0.4, 0.5) is 0 Å². The number of hydrogen-bond donors (Lipinski definition) is 2. The number of sulfonamides is 1. The molecule has 0 amide bonds. The second-order valence-electron chi connectivity index (χ2n) is 4.22. The molecule has 110 valence electrons. The zero-order chi connectivity index (χ0) is 24.3. The second-order valence-corrected chi connectivity index (χ2v) is 5.94. The van der Waals surface area contributed by atoms with Gasteiger partial charge in [0.25, 0.3) is 0 Å². The normalized spacial score (nSPS) is 22.4. The van der Waals surface area contributed by atoms with E-state index in [4.69, 9.17) is 15.1 Å². The first-order chi connectivity index (χ1) is 13.7. The van der Waals surface area contributed by atoms with E-state index in [9.17, 15) is 8.42 Å². The van der Waals surface area contributed by atoms with Crippen LogP contribution in [-0.4, -0.2) is 45.9 Å². The van der Waals surface area contributed by atoms with E-state index in [2.05, 4.69) is 4.98 Å². The summed E-state index contributed by atoms with van der Waals surface area (Å²) < 4.78 is 113. The number of hydrogen-bond acceptors (Lipinski definition) is 3. The van der Waals surface area contributed by atoms with Crippen molar-refractivity contribution in [3.8, 4) is 0 Å². The summed E-state index contributed by atoms with van der Waals surface area (Å²) in [5, 5.41) is -0.416. The van der Waals surface area contributed by atoms with Crippen molar-refractivity contribution in [3.05, 3.63) is 35.4 Å². The minimum Gasteiger partial charge on any atom is -0.361 e. The second kappa shape index (κ2) is 5.95. The van der Waals surface area contributed by atoms with Gasteiger partial charge in [-0.15, -0.1) is 0 Å². The lowest BCUT2D eigenvalue weighted by molar-refractivity contribution is 0.414. The summed E-state index contributed by atoms with van der Waals surface area (Å²) in [5.74, 6) is -1.15. The number of benzene rings is 1. The fraction of sp³-hybridized carbons (Fsp3) is 0.429. The van der Waals surface area contributed by atoms with Crippen molar-refractivity contribution in [1.29, 1.82) is 0 Å². The topological polar surface area (TPSA) is 65.2 Å². The molecule has 0 saturated heterocycles. The Bertz CT molecular complexity index is 1120. The van der Waals surface area contributed by atoms with Crippen molar-refractivity contribution in [3.63, 3.8) is 0 Å². The summed E-state index contributed by atoms with van der Waals surface area (Å²) >= 11 is 0. The molecule has 1 aromatic carbocycles. The van der Waals surface area contributed by atoms with E-state index in [-0.39, 0.29) is 5.52 Å². The van der Waals surface area contributed by atoms with Crippen LogP contribution in [0.15, 0.2) is 24.3 Å². The van der Waals surface area contributed by atoms with Crippen LogP contribution in [0, 0.1) is 0 Å². The predicted molar refractivity (Wildman–Crippen MR) is 82.2 cm³/mol. The maximum absolute atomic E-state index is 12.2. The maximum Gasteiger partial charge on any atom is 0.215 e. The zero-order valence-corrected chi connectivity index (χ0v) is 11.7. The lowest BCUT2D eigenvalue weighted by Gasteiger charge is -2.08. The summed E-state index contributed by atoms with van der Waals surface area (Å²) in [7, 11) is -2.03. The fourth-order valence-electron chi connectivity index (χ4n) is 1.47. The molecular formula is C14H21N3O2S. The Morgan fingerprint density at radius 1 is 1.50 bits per heavy atom. The molecule has 2 N–H and O–H groups in total. The number of aromatic amines is 1. The molecule has 0 bridgehead atoms. The monoisotopic (exact) mass is 306 g/mol. The summed E-state index contributed by atoms with van der Waals surface area (Å²) in [6, 6.07) is -2.06. The van der Waals surface area contributed by atoms with Gasteiger partial charge in [0.1, 0.15) is 0 Å². The quantitative estimate of drug-likeness (QED) is 0.846. The molecule has 1 heterocycles. The van der Waals surface area contributed by atoms with E-state index in [0.717, 1.165) is 4.90 Å². The Morgan fingerprint density at radius 3 is 3.00 bits per heavy atom. The predicted octanol–water partition coefficient (Wildman–Crippen LogP) is 1.32. The van der Waals surface area contributed by atoms with Crippen LogP contribution in [0.25, 0.3) is 10.9 Å². The number of likely N-dealkylation sites (N-methyl/N-ethyl adjacent to an activating group) is 1. The van der Waals surface area contributed by atoms with Gasteiger partial charge in [0.15, 0.2) is 0 Å². The molecule has 0 saturated carbocycles. The first-order valence-corrected chi connectivity index (χ1v) is 7.20. The highest BCUT2D eigenvalue weighted by molar-refractivity contribution is 7.88. The molecule has 2 rings (SSSR count). The highest BCUT2D eigenvalue weighted by Crippen LogP contribution is 2.21. The molecule has 6 heteroatoms. The summed E-state index contributed by atoms with van der Waals surface area (Å²) in [6.07, 6.45) is -3.52. The van der Waals surface area contributed by atoms with Crippen LogP contribution in [0.5, 0.6) is 0 Å². The molecule has 0 unspecified atom stereocenters. The van der Waals surface area contributed by atoms with Gasteiger partial charge in [-0.2, -0.15) is 0 Å². The number of aryl methyl sites for hydroxylation is 1. The fourth-order valence-corrected chi connectivity index (χ4v) is 2.07. The summed E-state index contributed by atoms with van der Waals surface area (Å²) in [5.41, 5.74) is -1.48. The standard InChI is InChI=1S/C14H21N3O2S/c1-15-20(18,19)10-11-4-5-14-13(8-11)12(9-16-14)6-7-17(2)3/h4-5,8-9,15-16H,6-7,10H2,1-3H3/i1D3,4D,5D,6D2,7D2,8D,9D. The van der Waals surface area contributed by atoms with Gasteiger partial charge in [-0.1, -0.05) is 6.04 Å². The van der Waals surface area contributed by atoms with Crippen molar-refractivity contribution < 1.29 is 23.5 Å². The Labute approximate surface area is 135 Å². The Morgan fingerprint density at radius 2 is 2.30 bits per heavy atom. The van der Waals surface area contributed by atoms with Gasteiger partial charge in [-0.3, -0.25) is 0 Å². The molecule has 5 nitrogen and oxygen atoms in total. The van der Waals surface area contributed by atoms with Gasteiger partial charge in [0.2, 0.25) is 10.0 Å². The molecule has 2 aromatic rings. The van der Waals surface area contributed by atoms with Crippen molar-refractivity contribution in [1.82, 2.24) is 14.6 Å². The summed E-state index contributed by atoms with van der Waals surface area (Å²) in [6.45, 7) is -5.73. The number of aromatic nitrogens is 1. The van der Waals surface area contributed by atoms with Gasteiger partial charge < -0.3 is 9.88 Å². The van der Waals surface area contributed by atoms with Crippen LogP contribution >= 0.6 is 0 Å². The third-order valence-corrected chi connectivity index (χ3v) is 3.30. The largest absolute Gasteiger partial charge is 0.361 e. The Kier molecular flexibility index (Phi) is 1.84. The highest BCUT2D eigenvalue weighted by Gasteiger charge is 2.11. The summed E-state index contributed by atoms with van der Waals surface area (Å²) in [4.78, 5) is 3.31. The molecule has 0 spiro atoms. The van der Waals surface area contributed by atoms with E-state index < -0.39 is 76.4 Å². The Balaban J connectivity index is 2.86. The lowest BCUT2D eigenvalue weighted by atomic mass is 10.1. The number of nitrogens with zero attached hydrogens (tertiary/aromatic N) is 1. The van der Waals surface area contributed by atoms with Crippen LogP contribution in [-0.2, 0) is 22.1 Å². The third-order valence-electron chi connectivity index (χ3n) is 2.32. The first kappa shape index (κ1) is 6.17. The molecule has 0 aliphatic heterocycles. The van der Waals surface area contributed by atoms with E-state index in [0.29, 0.717) is 0 Å². The molecule has 1 aromatic heterocycles. The molecule has 0 radical (unpaired) electrons. The number of fused-ring (bicyclic) bond motifs is 1. The van der Waals surface area contributed by atoms with Crippen molar-refractivity contribution in [2.24, 2.45) is 0 Å². The van der Waals surface area contributed by atoms with Gasteiger partial charge in [-0.05, 0) is 50.7 Å². The molecule has 0 aliphatic rings. The van der Waals surface area contributed by atoms with Crippen LogP contribution in [0.1, 0.15) is 26.2 Å². The van der Waals surface area contributed by atoms with Gasteiger partial charge in [0.05, 0.1) is 11.2 Å². The van der Waals surface area contributed by atoms with Gasteiger partial charge in [-0.25, -0.2) is 13.1 Å². The average molecular weight is 306 g/mol. The SMILES string of the molecule is [2H]c1[nH]c2c([2H])c([2H])c(CS(=O)(=O)NC([2H])([2H])[2H])c([2H])c2c1C([2H])([2H])C([2H])([2H])N(C)C. The smallest absolute Gasteiger partial charge is 0.215 e. The van der Waals surface area contributed by atoms with Crippen molar-refractivity contribution >= 4 is 20.9 Å². The lowest BCUT2D eigenvalue weighted by Crippen LogP contribution is -2.20. The Hall–Kier alpha value is -1.37. The van der Waals surface area contributed by atoms with Gasteiger partial charge >= 0.3 is 0 Å². The number of nitrogens with one attached hydrogen (secondary N) is 2. The first-order valence-electron chi connectivity index (χ1n) is 11.0. The number of rotatable bonds is 6. The molecular weight excluding hydrogens is 274 g/mol. The third kappa shape index (κ3) is 3.59. The molecule has 20 heavy (non-hydrogen) atoms. The van der Waals surface area contributed by atoms with Crippen molar-refractivity contribution in [2.45, 2.75) is 12.1 Å². The van der Waals surface area contributed by atoms with Crippen LogP contribution < -0.4 is 4.72 Å². The number of H-pyrrole nitrogens is 1. The van der Waals surface area contributed by atoms with Crippen molar-refractivity contribution in [2.75, 3.05) is 27.6 Å². The molecule has 0 fully saturated rings. The zero-order valence-electron chi connectivity index (χ0n) is 21.9. The van der Waals surface area contributed by atoms with E-state index in [1.54, 1.807) is 0 Å². The van der Waals surface area contributed by atoms with Crippen LogP contribution in [0.2, 0.25) is 0 Å². The molecule has 0 atom stereocenters. The molecule has 0 aliphatic carbocycles. The highest BCUT2D eigenvalue weighted by atomic mass is 32.2. The van der Waals surface area contributed by atoms with Gasteiger partial charge in [0, 0.05) is 33.2 Å². The minimum atomic E-state index is -4.58. The van der Waals surface area contributed by atoms with E-state index >= 15 is 0 Å². The van der Waals surface area contributed by atoms with Crippen LogP contribution in [0.3, 0.4) is 0 Å².